The van der Waals surface area contributed by atoms with Crippen molar-refractivity contribution in [1.82, 2.24) is 4.57 Å². The van der Waals surface area contributed by atoms with Gasteiger partial charge >= 0.3 is 5.97 Å². The molecule has 0 unspecified atom stereocenters. The number of rotatable bonds is 7. The van der Waals surface area contributed by atoms with Crippen molar-refractivity contribution in [3.8, 4) is 5.88 Å². The SMILES string of the molecule is O=C(O)CCCCCn1c(O)c(/C=c2\cc/c(=C3\C=c4cc(Cl)ccc4=N3)o2)sc1=S. The van der Waals surface area contributed by atoms with Gasteiger partial charge in [0, 0.05) is 29.3 Å². The van der Waals surface area contributed by atoms with Crippen molar-refractivity contribution in [3.63, 3.8) is 0 Å². The Morgan fingerprint density at radius 1 is 1.26 bits per heavy atom. The molecule has 0 saturated heterocycles. The summed E-state index contributed by atoms with van der Waals surface area (Å²) in [7, 11) is 0. The molecule has 1 aromatic carbocycles. The predicted octanol–water partition coefficient (Wildman–Crippen LogP) is 2.93. The molecule has 2 N–H and O–H groups in total. The lowest BCUT2D eigenvalue weighted by Crippen LogP contribution is -2.20. The van der Waals surface area contributed by atoms with Crippen LogP contribution in [0.5, 0.6) is 5.88 Å². The molecule has 160 valence electrons. The molecule has 1 aliphatic heterocycles. The third-order valence-corrected chi connectivity index (χ3v) is 6.46. The van der Waals surface area contributed by atoms with Crippen molar-refractivity contribution in [1.29, 1.82) is 0 Å². The Morgan fingerprint density at radius 3 is 2.90 bits per heavy atom. The van der Waals surface area contributed by atoms with Gasteiger partial charge < -0.3 is 14.6 Å². The van der Waals surface area contributed by atoms with Gasteiger partial charge in [-0.05, 0) is 61.5 Å². The highest BCUT2D eigenvalue weighted by Gasteiger charge is 2.11. The van der Waals surface area contributed by atoms with Crippen LogP contribution in [0.15, 0.2) is 39.7 Å². The van der Waals surface area contributed by atoms with Crippen LogP contribution in [0, 0.1) is 3.95 Å². The number of carboxylic acids is 1. The third kappa shape index (κ3) is 4.98. The summed E-state index contributed by atoms with van der Waals surface area (Å²) in [5.41, 5.74) is 1.92. The summed E-state index contributed by atoms with van der Waals surface area (Å²) in [4.78, 5) is 15.8. The monoisotopic (exact) mass is 474 g/mol. The number of hydrogen-bond donors (Lipinski definition) is 2. The third-order valence-electron chi connectivity index (χ3n) is 4.84. The first-order valence-corrected chi connectivity index (χ1v) is 11.3. The van der Waals surface area contributed by atoms with Crippen LogP contribution in [-0.2, 0) is 11.3 Å². The number of unbranched alkanes of at least 4 members (excludes halogenated alkanes) is 2. The molecule has 0 aliphatic carbocycles. The molecular formula is C22H19ClN2O4S2. The molecule has 6 nitrogen and oxygen atoms in total. The van der Waals surface area contributed by atoms with Crippen LogP contribution in [-0.4, -0.2) is 20.7 Å². The lowest BCUT2D eigenvalue weighted by atomic mass is 10.2. The molecule has 9 heteroatoms. The summed E-state index contributed by atoms with van der Waals surface area (Å²) in [6.07, 6.45) is 5.94. The Kier molecular flexibility index (Phi) is 6.41. The predicted molar refractivity (Wildman–Crippen MR) is 123 cm³/mol. The Morgan fingerprint density at radius 2 is 2.10 bits per heavy atom. The Labute approximate surface area is 191 Å². The molecule has 0 saturated carbocycles. The topological polar surface area (TPSA) is 88.0 Å². The summed E-state index contributed by atoms with van der Waals surface area (Å²) in [6.45, 7) is 0.546. The van der Waals surface area contributed by atoms with Crippen LogP contribution in [0.4, 0.5) is 0 Å². The van der Waals surface area contributed by atoms with Gasteiger partial charge in [0.25, 0.3) is 0 Å². The number of fused-ring (bicyclic) bond motifs is 1. The Hall–Kier alpha value is -2.68. The van der Waals surface area contributed by atoms with Gasteiger partial charge in [0.05, 0.1) is 10.2 Å². The number of thiazole rings is 1. The second-order valence-corrected chi connectivity index (χ2v) is 9.21. The molecule has 2 aromatic heterocycles. The first-order chi connectivity index (χ1) is 14.9. The molecule has 3 heterocycles. The molecule has 0 amide bonds. The molecule has 0 bridgehead atoms. The first kappa shape index (κ1) is 21.5. The van der Waals surface area contributed by atoms with Gasteiger partial charge in [-0.25, -0.2) is 4.99 Å². The first-order valence-electron chi connectivity index (χ1n) is 9.73. The van der Waals surface area contributed by atoms with Crippen LogP contribution in [0.25, 0.3) is 17.8 Å². The average Bonchev–Trinajstić information content (AvgIpc) is 3.41. The largest absolute Gasteiger partial charge is 0.493 e. The van der Waals surface area contributed by atoms with E-state index in [2.05, 4.69) is 4.99 Å². The van der Waals surface area contributed by atoms with Crippen molar-refractivity contribution in [3.05, 3.63) is 65.6 Å². The van der Waals surface area contributed by atoms with Crippen molar-refractivity contribution >= 4 is 59.0 Å². The molecule has 0 spiro atoms. The summed E-state index contributed by atoms with van der Waals surface area (Å²) in [5.74, 6) is -0.698. The number of hydrogen-bond acceptors (Lipinski definition) is 6. The maximum Gasteiger partial charge on any atom is 0.303 e. The zero-order valence-corrected chi connectivity index (χ0v) is 18.8. The standard InChI is InChI=1S/C22H19ClN2O4S2/c23-14-5-7-16-13(10-14)11-17(24-16)18-8-6-15(29-18)12-19-21(28)25(22(30)31-19)9-3-1-2-4-20(26)27/h5-8,10-12,28H,1-4,9H2,(H,26,27)/b15-12+,18-17-. The van der Waals surface area contributed by atoms with Gasteiger partial charge in [-0.3, -0.25) is 9.36 Å². The van der Waals surface area contributed by atoms with Gasteiger partial charge in [0.15, 0.2) is 9.37 Å². The van der Waals surface area contributed by atoms with Crippen LogP contribution in [0.3, 0.4) is 0 Å². The zero-order valence-electron chi connectivity index (χ0n) is 16.4. The van der Waals surface area contributed by atoms with Gasteiger partial charge in [0.1, 0.15) is 11.1 Å². The van der Waals surface area contributed by atoms with Crippen LogP contribution >= 0.6 is 35.2 Å². The smallest absolute Gasteiger partial charge is 0.303 e. The number of aromatic nitrogens is 1. The number of aliphatic carboxylic acids is 1. The minimum atomic E-state index is -0.793. The number of aromatic hydroxyl groups is 1. The van der Waals surface area contributed by atoms with Gasteiger partial charge in [-0.2, -0.15) is 0 Å². The van der Waals surface area contributed by atoms with Crippen molar-refractivity contribution in [2.75, 3.05) is 0 Å². The van der Waals surface area contributed by atoms with E-state index in [4.69, 9.17) is 33.3 Å². The van der Waals surface area contributed by atoms with E-state index < -0.39 is 5.97 Å². The number of furan rings is 1. The fraction of sp³-hybridized carbons (Fsp3) is 0.227. The highest BCUT2D eigenvalue weighted by atomic mass is 35.5. The fourth-order valence-corrected chi connectivity index (χ4v) is 4.78. The Balaban J connectivity index is 1.56. The molecule has 0 radical (unpaired) electrons. The lowest BCUT2D eigenvalue weighted by molar-refractivity contribution is -0.137. The number of nitrogens with zero attached hydrogens (tertiary/aromatic N) is 2. The average molecular weight is 475 g/mol. The lowest BCUT2D eigenvalue weighted by Gasteiger charge is -2.04. The molecular weight excluding hydrogens is 456 g/mol. The van der Waals surface area contributed by atoms with E-state index in [-0.39, 0.29) is 12.3 Å². The van der Waals surface area contributed by atoms with E-state index >= 15 is 0 Å². The summed E-state index contributed by atoms with van der Waals surface area (Å²) < 4.78 is 8.16. The minimum absolute atomic E-state index is 0.0954. The van der Waals surface area contributed by atoms with Gasteiger partial charge in [0.2, 0.25) is 5.88 Å². The highest BCUT2D eigenvalue weighted by Crippen LogP contribution is 2.27. The van der Waals surface area contributed by atoms with E-state index in [1.165, 1.54) is 11.3 Å². The Bertz CT molecular complexity index is 1450. The van der Waals surface area contributed by atoms with Gasteiger partial charge in [-0.1, -0.05) is 18.0 Å². The fourth-order valence-electron chi connectivity index (χ4n) is 3.30. The van der Waals surface area contributed by atoms with E-state index in [1.807, 2.05) is 30.3 Å². The van der Waals surface area contributed by atoms with E-state index in [1.54, 1.807) is 16.7 Å². The molecule has 3 aromatic rings. The number of halogens is 1. The van der Waals surface area contributed by atoms with Gasteiger partial charge in [-0.15, -0.1) is 11.3 Å². The second kappa shape index (κ2) is 9.21. The molecule has 0 atom stereocenters. The minimum Gasteiger partial charge on any atom is -0.493 e. The maximum atomic E-state index is 10.6. The van der Waals surface area contributed by atoms with Crippen molar-refractivity contribution in [2.45, 2.75) is 32.2 Å². The summed E-state index contributed by atoms with van der Waals surface area (Å²) in [6, 6.07) is 9.19. The summed E-state index contributed by atoms with van der Waals surface area (Å²) >= 11 is 12.7. The maximum absolute atomic E-state index is 10.6. The zero-order chi connectivity index (χ0) is 22.0. The summed E-state index contributed by atoms with van der Waals surface area (Å²) in [5, 5.41) is 21.7. The number of carbonyl (C=O) groups is 1. The number of carboxylic acid groups (broad SMARTS) is 1. The van der Waals surface area contributed by atoms with E-state index in [0.717, 1.165) is 23.4 Å². The van der Waals surface area contributed by atoms with Crippen LogP contribution in [0.2, 0.25) is 5.02 Å². The van der Waals surface area contributed by atoms with Crippen molar-refractivity contribution in [2.24, 2.45) is 4.99 Å². The molecule has 4 rings (SSSR count). The van der Waals surface area contributed by atoms with Crippen LogP contribution < -0.4 is 21.4 Å². The quantitative estimate of drug-likeness (QED) is 0.406. The van der Waals surface area contributed by atoms with E-state index in [9.17, 15) is 9.90 Å². The second-order valence-electron chi connectivity index (χ2n) is 7.10. The van der Waals surface area contributed by atoms with E-state index in [0.29, 0.717) is 43.3 Å². The highest BCUT2D eigenvalue weighted by molar-refractivity contribution is 7.73. The number of benzene rings is 1. The van der Waals surface area contributed by atoms with Crippen molar-refractivity contribution < 1.29 is 19.4 Å². The van der Waals surface area contributed by atoms with Crippen LogP contribution in [0.1, 0.15) is 30.6 Å². The molecule has 0 fully saturated rings. The normalized spacial score (nSPS) is 14.9. The molecule has 1 aliphatic rings. The molecule has 31 heavy (non-hydrogen) atoms.